The molecule has 2 aromatic rings. The highest BCUT2D eigenvalue weighted by molar-refractivity contribution is 7.45. The van der Waals surface area contributed by atoms with E-state index in [2.05, 4.69) is 43.6 Å². The monoisotopic (exact) mass is 948 g/mol. The van der Waals surface area contributed by atoms with Gasteiger partial charge in [-0.05, 0) is 0 Å². The van der Waals surface area contributed by atoms with Crippen LogP contribution in [-0.4, -0.2) is 226 Å². The van der Waals surface area contributed by atoms with Crippen LogP contribution in [0.25, 0.3) is 11.2 Å². The number of aliphatic hydroxyl groups excluding tert-OH is 9. The van der Waals surface area contributed by atoms with Gasteiger partial charge in [0.1, 0.15) is 122 Å². The third kappa shape index (κ3) is 9.66. The van der Waals surface area contributed by atoms with Crippen molar-refractivity contribution in [1.29, 1.82) is 0 Å². The highest BCUT2D eigenvalue weighted by Crippen LogP contribution is 2.45. The number of hydrogen-bond donors (Lipinski definition) is 15. The van der Waals surface area contributed by atoms with Crippen molar-refractivity contribution in [3.63, 3.8) is 0 Å². The Morgan fingerprint density at radius 2 is 1.30 bits per heavy atom. The predicted molar refractivity (Wildman–Crippen MR) is 198 cm³/mol. The standard InChI is InChI=1S/C33H57N10O20P/c34-2-10-18(47)20(49)14(37)31(57-10)61-25-11(3-44)59-33(23(25)52)62-27-17(46)8(35)1-9(36)24(27)60-32-15(38)21(50)26(12(4-45)58-32)63-64(53,54)55-5-13-19(48)22(51)30(56-13)43-7-42-16-28(39)40-6-41-29(16)43/h6-15,17-27,30-33,44-52H,1-5,34-38H2,(H,53,54)(H2,39,40,41)/p+4/t8-,9+,10+,11-,12-,13-,14-,15-,17+,18-,19-,20-,21-,22-,23-,24-,25-,26-,27-,30-,31-,32-,33+/m1/s1. The molecule has 24 atom stereocenters. The highest BCUT2D eigenvalue weighted by atomic mass is 31.2. The van der Waals surface area contributed by atoms with E-state index in [4.69, 9.17) is 47.9 Å². The molecule has 7 rings (SSSR count). The van der Waals surface area contributed by atoms with Crippen molar-refractivity contribution in [1.82, 2.24) is 19.5 Å². The number of hydrogen-bond acceptors (Lipinski definition) is 24. The molecule has 4 aliphatic heterocycles. The van der Waals surface area contributed by atoms with Crippen LogP contribution in [0, 0.1) is 0 Å². The fourth-order valence-corrected chi connectivity index (χ4v) is 9.53. The summed E-state index contributed by atoms with van der Waals surface area (Å²) >= 11 is 0. The number of aromatic nitrogens is 4. The summed E-state index contributed by atoms with van der Waals surface area (Å²) in [5.41, 5.74) is 25.7. The molecule has 6 heterocycles. The molecule has 1 unspecified atom stereocenters. The molecule has 31 heteroatoms. The molecule has 0 bridgehead atoms. The molecule has 1 aliphatic carbocycles. The second-order valence-electron chi connectivity index (χ2n) is 16.6. The number of nitrogens with two attached hydrogens (primary N) is 1. The maximum Gasteiger partial charge on any atom is 0.268 e. The van der Waals surface area contributed by atoms with E-state index in [9.17, 15) is 55.4 Å². The molecule has 26 N–H and O–H groups in total. The summed E-state index contributed by atoms with van der Waals surface area (Å²) in [6.07, 6.45) is -24.8. The van der Waals surface area contributed by atoms with Gasteiger partial charge in [-0.25, -0.2) is 15.0 Å². The van der Waals surface area contributed by atoms with Crippen LogP contribution >= 0.6 is 7.82 Å². The maximum atomic E-state index is 13.2. The van der Waals surface area contributed by atoms with Crippen molar-refractivity contribution < 1.29 is 126 Å². The van der Waals surface area contributed by atoms with E-state index < -0.39 is 168 Å². The van der Waals surface area contributed by atoms with Crippen molar-refractivity contribution in [2.24, 2.45) is 0 Å². The summed E-state index contributed by atoms with van der Waals surface area (Å²) in [7, 11) is -5.42. The van der Waals surface area contributed by atoms with E-state index in [1.807, 2.05) is 0 Å². The van der Waals surface area contributed by atoms with E-state index in [-0.39, 0.29) is 29.9 Å². The average molecular weight is 949 g/mol. The Morgan fingerprint density at radius 3 is 1.97 bits per heavy atom. The van der Waals surface area contributed by atoms with Crippen molar-refractivity contribution in [3.8, 4) is 0 Å². The molecule has 0 aromatic carbocycles. The van der Waals surface area contributed by atoms with Crippen molar-refractivity contribution in [3.05, 3.63) is 12.7 Å². The van der Waals surface area contributed by atoms with E-state index >= 15 is 0 Å². The van der Waals surface area contributed by atoms with E-state index in [0.717, 1.165) is 6.33 Å². The minimum Gasteiger partial charge on any atom is -0.756 e. The lowest BCUT2D eigenvalue weighted by atomic mass is 9.84. The normalized spacial score (nSPS) is 46.4. The number of nitrogen functional groups attached to an aromatic ring is 1. The lowest BCUT2D eigenvalue weighted by molar-refractivity contribution is -0.533. The van der Waals surface area contributed by atoms with Gasteiger partial charge in [0.2, 0.25) is 12.6 Å². The number of aliphatic hydroxyl groups is 9. The van der Waals surface area contributed by atoms with Crippen LogP contribution in [0.5, 0.6) is 0 Å². The van der Waals surface area contributed by atoms with Crippen LogP contribution in [0.1, 0.15) is 12.6 Å². The van der Waals surface area contributed by atoms with Gasteiger partial charge in [0.15, 0.2) is 36.1 Å². The third-order valence-corrected chi connectivity index (χ3v) is 13.3. The Bertz CT molecular complexity index is 1920. The number of anilines is 1. The molecule has 30 nitrogen and oxygen atoms in total. The third-order valence-electron chi connectivity index (χ3n) is 12.3. The fraction of sp³-hybridized carbons (Fsp3) is 0.848. The Labute approximate surface area is 362 Å². The fourth-order valence-electron chi connectivity index (χ4n) is 8.58. The summed E-state index contributed by atoms with van der Waals surface area (Å²) in [6, 6.07) is -3.77. The zero-order chi connectivity index (χ0) is 46.5. The molecule has 4 saturated heterocycles. The van der Waals surface area contributed by atoms with Crippen LogP contribution in [0.15, 0.2) is 12.7 Å². The zero-order valence-corrected chi connectivity index (χ0v) is 35.2. The van der Waals surface area contributed by atoms with Gasteiger partial charge in [0, 0.05) is 0 Å². The van der Waals surface area contributed by atoms with Gasteiger partial charge in [0.25, 0.3) is 7.82 Å². The molecule has 64 heavy (non-hydrogen) atoms. The Balaban J connectivity index is 0.986. The number of phosphoric acid groups is 1. The number of nitrogens with zero attached hydrogens (tertiary/aromatic N) is 4. The molecule has 0 spiro atoms. The molecule has 2 aromatic heterocycles. The van der Waals surface area contributed by atoms with Gasteiger partial charge in [0.05, 0.1) is 32.6 Å². The van der Waals surface area contributed by atoms with Gasteiger partial charge < -0.3 is 127 Å². The minimum atomic E-state index is -5.42. The molecule has 5 aliphatic rings. The first kappa shape index (κ1) is 49.5. The highest BCUT2D eigenvalue weighted by Gasteiger charge is 2.57. The summed E-state index contributed by atoms with van der Waals surface area (Å²) in [5, 5.41) is 96.9. The van der Waals surface area contributed by atoms with Gasteiger partial charge >= 0.3 is 0 Å². The van der Waals surface area contributed by atoms with E-state index in [0.29, 0.717) is 0 Å². The van der Waals surface area contributed by atoms with Gasteiger partial charge in [-0.2, -0.15) is 0 Å². The lowest BCUT2D eigenvalue weighted by Gasteiger charge is -2.45. The van der Waals surface area contributed by atoms with Crippen LogP contribution in [-0.2, 0) is 46.8 Å². The van der Waals surface area contributed by atoms with Crippen LogP contribution in [0.3, 0.4) is 0 Å². The molecule has 1 saturated carbocycles. The molecule has 0 radical (unpaired) electrons. The first-order valence-corrected chi connectivity index (χ1v) is 22.0. The molecule has 5 fully saturated rings. The largest absolute Gasteiger partial charge is 0.756 e. The van der Waals surface area contributed by atoms with Crippen molar-refractivity contribution >= 4 is 24.8 Å². The molecule has 0 amide bonds. The first-order chi connectivity index (χ1) is 30.3. The SMILES string of the molecule is Nc1ncnc2c1ncn2[C@@H]1O[C@H](COP(=O)([O-])O[C@H]2[C@H](O)[C@@H]([NH3+])[C@@H](O[C@H]3[C@H](O[C@@H]4O[C@H](CO)[C@@H](O[C@H]5O[C@@H](C[NH3+])[C@@H](O)[C@H](O)[C@H]5[NH3+])[C@H]4O)[C@@H](O)[C@H]([NH3+])C[C@@H]3[NH3+])O[C@@H]2CO)[C@@H](O)[C@H]1O. The quantitative estimate of drug-likeness (QED) is 0.0737. The van der Waals surface area contributed by atoms with E-state index in [1.165, 1.54) is 10.9 Å². The van der Waals surface area contributed by atoms with Crippen molar-refractivity contribution in [2.75, 3.05) is 32.1 Å². The second kappa shape index (κ2) is 20.1. The first-order valence-electron chi connectivity index (χ1n) is 20.6. The van der Waals surface area contributed by atoms with Gasteiger partial charge in [-0.1, -0.05) is 0 Å². The number of ether oxygens (including phenoxy) is 7. The summed E-state index contributed by atoms with van der Waals surface area (Å²) in [5.74, 6) is 0.0474. The number of fused-ring (bicyclic) bond motifs is 1. The summed E-state index contributed by atoms with van der Waals surface area (Å²) in [4.78, 5) is 25.2. The van der Waals surface area contributed by atoms with Crippen molar-refractivity contribution in [2.45, 2.75) is 147 Å². The molecular weight excluding hydrogens is 887 g/mol. The van der Waals surface area contributed by atoms with E-state index in [1.54, 1.807) is 0 Å². The van der Waals surface area contributed by atoms with Gasteiger partial charge in [-0.3, -0.25) is 9.13 Å². The smallest absolute Gasteiger partial charge is 0.268 e. The number of imidazole rings is 1. The second-order valence-corrected chi connectivity index (χ2v) is 17.9. The Morgan fingerprint density at radius 1 is 0.703 bits per heavy atom. The summed E-state index contributed by atoms with van der Waals surface area (Å²) in [6.45, 7) is -2.40. The predicted octanol–water partition coefficient (Wildman–Crippen LogP) is -13.9. The Kier molecular flexibility index (Phi) is 15.5. The average Bonchev–Trinajstić information content (AvgIpc) is 3.92. The maximum absolute atomic E-state index is 13.2. The molecule has 364 valence electrons. The van der Waals surface area contributed by atoms with Crippen LogP contribution in [0.4, 0.5) is 5.82 Å². The number of phosphoric ester groups is 1. The van der Waals surface area contributed by atoms with Crippen LogP contribution < -0.4 is 39.3 Å². The number of rotatable bonds is 15. The van der Waals surface area contributed by atoms with Crippen LogP contribution in [0.2, 0.25) is 0 Å². The Hall–Kier alpha value is -2.38. The van der Waals surface area contributed by atoms with Gasteiger partial charge in [-0.15, -0.1) is 0 Å². The minimum absolute atomic E-state index is 0.0474. The zero-order valence-electron chi connectivity index (χ0n) is 34.3. The number of quaternary nitrogens is 5. The topological polar surface area (TPSA) is 513 Å². The lowest BCUT2D eigenvalue weighted by Crippen LogP contribution is -2.84. The summed E-state index contributed by atoms with van der Waals surface area (Å²) < 4.78 is 66.1. The molecular formula is C33H61N10O20P+4.